The van der Waals surface area contributed by atoms with Gasteiger partial charge in [-0.05, 0) is 24.1 Å². The first kappa shape index (κ1) is 17.0. The van der Waals surface area contributed by atoms with Gasteiger partial charge < -0.3 is 10.0 Å². The highest BCUT2D eigenvalue weighted by atomic mass is 19.4. The Bertz CT molecular complexity index is 401. The highest BCUT2D eigenvalue weighted by molar-refractivity contribution is 5.26. The standard InChI is InChI=1S/C15H22F3NO/c1-11(2)12-4-6-13(7-5-12)14(20)10-19(3)9-8-15(16,17)18/h4-7,11,14,20H,8-10H2,1-3H3. The van der Waals surface area contributed by atoms with Gasteiger partial charge in [-0.3, -0.25) is 0 Å². The van der Waals surface area contributed by atoms with E-state index in [2.05, 4.69) is 13.8 Å². The number of likely N-dealkylation sites (N-methyl/N-ethyl adjacent to an activating group) is 1. The van der Waals surface area contributed by atoms with Gasteiger partial charge in [-0.1, -0.05) is 38.1 Å². The molecule has 1 N–H and O–H groups in total. The Balaban J connectivity index is 2.51. The molecule has 5 heteroatoms. The molecule has 0 heterocycles. The van der Waals surface area contributed by atoms with Crippen LogP contribution in [0.4, 0.5) is 13.2 Å². The van der Waals surface area contributed by atoms with E-state index in [1.165, 1.54) is 10.5 Å². The van der Waals surface area contributed by atoms with E-state index >= 15 is 0 Å². The van der Waals surface area contributed by atoms with Crippen LogP contribution in [0.3, 0.4) is 0 Å². The molecule has 0 bridgehead atoms. The maximum absolute atomic E-state index is 12.1. The minimum Gasteiger partial charge on any atom is -0.387 e. The summed E-state index contributed by atoms with van der Waals surface area (Å²) in [4.78, 5) is 1.49. The second kappa shape index (κ2) is 7.09. The predicted molar refractivity (Wildman–Crippen MR) is 73.7 cm³/mol. The lowest BCUT2D eigenvalue weighted by atomic mass is 10.00. The lowest BCUT2D eigenvalue weighted by Crippen LogP contribution is -2.28. The fourth-order valence-corrected chi connectivity index (χ4v) is 1.91. The lowest BCUT2D eigenvalue weighted by Gasteiger charge is -2.21. The Morgan fingerprint density at radius 2 is 1.60 bits per heavy atom. The van der Waals surface area contributed by atoms with E-state index in [0.717, 1.165) is 5.56 Å². The van der Waals surface area contributed by atoms with Crippen molar-refractivity contribution in [1.29, 1.82) is 0 Å². The summed E-state index contributed by atoms with van der Waals surface area (Å²) < 4.78 is 36.3. The first-order valence-electron chi connectivity index (χ1n) is 6.72. The van der Waals surface area contributed by atoms with Crippen LogP contribution in [-0.4, -0.2) is 36.3 Å². The van der Waals surface area contributed by atoms with Crippen molar-refractivity contribution >= 4 is 0 Å². The summed E-state index contributed by atoms with van der Waals surface area (Å²) in [5, 5.41) is 10.0. The molecule has 1 aromatic rings. The molecule has 2 nitrogen and oxygen atoms in total. The van der Waals surface area contributed by atoms with Gasteiger partial charge in [0.1, 0.15) is 0 Å². The van der Waals surface area contributed by atoms with Gasteiger partial charge in [0.2, 0.25) is 0 Å². The Hall–Kier alpha value is -1.07. The highest BCUT2D eigenvalue weighted by Gasteiger charge is 2.27. The second-order valence-corrected chi connectivity index (χ2v) is 5.46. The number of hydrogen-bond donors (Lipinski definition) is 1. The van der Waals surface area contributed by atoms with E-state index in [1.54, 1.807) is 7.05 Å². The van der Waals surface area contributed by atoms with Crippen LogP contribution in [0, 0.1) is 0 Å². The largest absolute Gasteiger partial charge is 0.390 e. The van der Waals surface area contributed by atoms with Gasteiger partial charge in [-0.25, -0.2) is 0 Å². The molecule has 20 heavy (non-hydrogen) atoms. The fourth-order valence-electron chi connectivity index (χ4n) is 1.91. The Morgan fingerprint density at radius 3 is 2.05 bits per heavy atom. The van der Waals surface area contributed by atoms with E-state index < -0.39 is 18.7 Å². The molecule has 0 fully saturated rings. The molecular formula is C15H22F3NO. The van der Waals surface area contributed by atoms with Crippen LogP contribution in [0.25, 0.3) is 0 Å². The Kier molecular flexibility index (Phi) is 6.02. The van der Waals surface area contributed by atoms with Gasteiger partial charge in [-0.2, -0.15) is 13.2 Å². The molecule has 0 saturated heterocycles. The van der Waals surface area contributed by atoms with Gasteiger partial charge in [0.05, 0.1) is 12.5 Å². The van der Waals surface area contributed by atoms with Gasteiger partial charge in [0.15, 0.2) is 0 Å². The second-order valence-electron chi connectivity index (χ2n) is 5.46. The maximum atomic E-state index is 12.1. The number of halogens is 3. The van der Waals surface area contributed by atoms with Crippen molar-refractivity contribution in [2.75, 3.05) is 20.1 Å². The molecular weight excluding hydrogens is 267 g/mol. The summed E-state index contributed by atoms with van der Waals surface area (Å²) in [6.07, 6.45) is -5.78. The molecule has 0 aliphatic rings. The van der Waals surface area contributed by atoms with E-state index in [1.807, 2.05) is 24.3 Å². The number of rotatable bonds is 6. The molecule has 0 radical (unpaired) electrons. The summed E-state index contributed by atoms with van der Waals surface area (Å²) in [5.41, 5.74) is 1.90. The van der Waals surface area contributed by atoms with Crippen LogP contribution in [-0.2, 0) is 0 Å². The van der Waals surface area contributed by atoms with Gasteiger partial charge >= 0.3 is 6.18 Å². The zero-order valence-electron chi connectivity index (χ0n) is 12.1. The number of aliphatic hydroxyl groups excluding tert-OH is 1. The zero-order chi connectivity index (χ0) is 15.3. The summed E-state index contributed by atoms with van der Waals surface area (Å²) >= 11 is 0. The van der Waals surface area contributed by atoms with Crippen molar-refractivity contribution in [3.05, 3.63) is 35.4 Å². The number of alkyl halides is 3. The minimum absolute atomic E-state index is 0.107. The average molecular weight is 289 g/mol. The SMILES string of the molecule is CC(C)c1ccc(C(O)CN(C)CCC(F)(F)F)cc1. The normalized spacial score (nSPS) is 14.1. The first-order valence-corrected chi connectivity index (χ1v) is 6.72. The third-order valence-electron chi connectivity index (χ3n) is 3.25. The molecule has 1 unspecified atom stereocenters. The molecule has 0 aliphatic carbocycles. The minimum atomic E-state index is -4.15. The van der Waals surface area contributed by atoms with Crippen LogP contribution in [0.1, 0.15) is 43.4 Å². The number of aliphatic hydroxyl groups is 1. The Labute approximate surface area is 118 Å². The smallest absolute Gasteiger partial charge is 0.387 e. The molecule has 0 amide bonds. The van der Waals surface area contributed by atoms with Crippen molar-refractivity contribution in [3.63, 3.8) is 0 Å². The molecule has 114 valence electrons. The van der Waals surface area contributed by atoms with Crippen molar-refractivity contribution in [2.45, 2.75) is 38.5 Å². The molecule has 1 rings (SSSR count). The fraction of sp³-hybridized carbons (Fsp3) is 0.600. The average Bonchev–Trinajstić information content (AvgIpc) is 2.35. The third-order valence-corrected chi connectivity index (χ3v) is 3.25. The number of hydrogen-bond acceptors (Lipinski definition) is 2. The van der Waals surface area contributed by atoms with Crippen molar-refractivity contribution in [1.82, 2.24) is 4.90 Å². The molecule has 1 aromatic carbocycles. The summed E-state index contributed by atoms with van der Waals surface area (Å²) in [5.74, 6) is 0.413. The summed E-state index contributed by atoms with van der Waals surface area (Å²) in [6, 6.07) is 7.55. The van der Waals surface area contributed by atoms with Crippen LogP contribution >= 0.6 is 0 Å². The van der Waals surface area contributed by atoms with E-state index in [0.29, 0.717) is 5.92 Å². The van der Waals surface area contributed by atoms with Crippen molar-refractivity contribution < 1.29 is 18.3 Å². The van der Waals surface area contributed by atoms with Crippen LogP contribution in [0.2, 0.25) is 0 Å². The first-order chi connectivity index (χ1) is 9.19. The summed E-state index contributed by atoms with van der Waals surface area (Å²) in [6.45, 7) is 4.24. The van der Waals surface area contributed by atoms with E-state index in [9.17, 15) is 18.3 Å². The Morgan fingerprint density at radius 1 is 1.10 bits per heavy atom. The maximum Gasteiger partial charge on any atom is 0.390 e. The van der Waals surface area contributed by atoms with Crippen molar-refractivity contribution in [3.8, 4) is 0 Å². The topological polar surface area (TPSA) is 23.5 Å². The highest BCUT2D eigenvalue weighted by Crippen LogP contribution is 2.21. The quantitative estimate of drug-likeness (QED) is 0.862. The van der Waals surface area contributed by atoms with Crippen LogP contribution < -0.4 is 0 Å². The summed E-state index contributed by atoms with van der Waals surface area (Å²) in [7, 11) is 1.58. The molecule has 0 spiro atoms. The third kappa shape index (κ3) is 5.92. The van der Waals surface area contributed by atoms with Crippen molar-refractivity contribution in [2.24, 2.45) is 0 Å². The molecule has 0 aromatic heterocycles. The van der Waals surface area contributed by atoms with Gasteiger partial charge in [0.25, 0.3) is 0 Å². The van der Waals surface area contributed by atoms with Crippen LogP contribution in [0.15, 0.2) is 24.3 Å². The lowest BCUT2D eigenvalue weighted by molar-refractivity contribution is -0.137. The number of benzene rings is 1. The predicted octanol–water partition coefficient (Wildman–Crippen LogP) is 3.73. The zero-order valence-corrected chi connectivity index (χ0v) is 12.1. The van der Waals surface area contributed by atoms with Gasteiger partial charge in [0, 0.05) is 13.1 Å². The van der Waals surface area contributed by atoms with Crippen LogP contribution in [0.5, 0.6) is 0 Å². The van der Waals surface area contributed by atoms with E-state index in [4.69, 9.17) is 0 Å². The monoisotopic (exact) mass is 289 g/mol. The molecule has 0 aliphatic heterocycles. The van der Waals surface area contributed by atoms with Gasteiger partial charge in [-0.15, -0.1) is 0 Å². The number of nitrogens with zero attached hydrogens (tertiary/aromatic N) is 1. The van der Waals surface area contributed by atoms with E-state index in [-0.39, 0.29) is 13.1 Å². The molecule has 0 saturated carbocycles. The molecule has 1 atom stereocenters.